The highest BCUT2D eigenvalue weighted by Gasteiger charge is 2.39. The smallest absolute Gasteiger partial charge is 0.272 e. The molecular weight excluding hydrogens is 268 g/mol. The molecule has 2 N–H and O–H groups in total. The van der Waals surface area contributed by atoms with Crippen LogP contribution in [0.4, 0.5) is 0 Å². The Hall–Kier alpha value is -1.85. The number of amides is 2. The van der Waals surface area contributed by atoms with Crippen LogP contribution in [0.1, 0.15) is 62.0 Å². The Morgan fingerprint density at radius 1 is 1.43 bits per heavy atom. The molecular formula is C15H22N4O2. The molecule has 1 saturated carbocycles. The van der Waals surface area contributed by atoms with Crippen LogP contribution in [0.15, 0.2) is 12.3 Å². The van der Waals surface area contributed by atoms with E-state index in [9.17, 15) is 9.59 Å². The zero-order valence-corrected chi connectivity index (χ0v) is 12.4. The van der Waals surface area contributed by atoms with Gasteiger partial charge in [-0.1, -0.05) is 19.3 Å². The maximum atomic E-state index is 12.3. The Kier molecular flexibility index (Phi) is 3.69. The monoisotopic (exact) mass is 290 g/mol. The molecule has 2 aliphatic rings. The summed E-state index contributed by atoms with van der Waals surface area (Å²) in [7, 11) is 0. The van der Waals surface area contributed by atoms with E-state index in [0.717, 1.165) is 12.8 Å². The highest BCUT2D eigenvalue weighted by atomic mass is 16.2. The molecule has 6 nitrogen and oxygen atoms in total. The van der Waals surface area contributed by atoms with Gasteiger partial charge in [-0.3, -0.25) is 14.3 Å². The first-order chi connectivity index (χ1) is 10.1. The van der Waals surface area contributed by atoms with Crippen LogP contribution in [0, 0.1) is 0 Å². The Labute approximate surface area is 124 Å². The van der Waals surface area contributed by atoms with Crippen molar-refractivity contribution in [2.45, 2.75) is 57.0 Å². The maximum Gasteiger partial charge on any atom is 0.272 e. The molecule has 21 heavy (non-hydrogen) atoms. The lowest BCUT2D eigenvalue weighted by molar-refractivity contribution is -0.123. The standard InChI is InChI=1S/C15H22N4O2/c1-15(8-9-16-14(15)21)17-13(20)12-7-10-19(18-12)11-5-3-2-4-6-11/h7,10-11H,2-6,8-9H2,1H3,(H,16,21)(H,17,20)/t15-/m0/s1. The molecule has 0 bridgehead atoms. The average molecular weight is 290 g/mol. The summed E-state index contributed by atoms with van der Waals surface area (Å²) < 4.78 is 1.91. The second kappa shape index (κ2) is 5.50. The third-order valence-electron chi connectivity index (χ3n) is 4.59. The minimum atomic E-state index is -0.814. The predicted molar refractivity (Wildman–Crippen MR) is 77.8 cm³/mol. The van der Waals surface area contributed by atoms with E-state index in [0.29, 0.717) is 24.7 Å². The summed E-state index contributed by atoms with van der Waals surface area (Å²) >= 11 is 0. The van der Waals surface area contributed by atoms with E-state index >= 15 is 0 Å². The van der Waals surface area contributed by atoms with Gasteiger partial charge in [-0.05, 0) is 32.3 Å². The van der Waals surface area contributed by atoms with E-state index in [4.69, 9.17) is 0 Å². The summed E-state index contributed by atoms with van der Waals surface area (Å²) in [5, 5.41) is 9.96. The molecule has 1 atom stereocenters. The molecule has 0 spiro atoms. The normalized spacial score (nSPS) is 26.6. The van der Waals surface area contributed by atoms with Crippen molar-refractivity contribution in [1.29, 1.82) is 0 Å². The van der Waals surface area contributed by atoms with Gasteiger partial charge in [-0.25, -0.2) is 0 Å². The topological polar surface area (TPSA) is 76.0 Å². The second-order valence-corrected chi connectivity index (χ2v) is 6.26. The number of carbonyl (C=O) groups is 2. The van der Waals surface area contributed by atoms with E-state index in [1.165, 1.54) is 19.3 Å². The first-order valence-electron chi connectivity index (χ1n) is 7.74. The van der Waals surface area contributed by atoms with Crippen LogP contribution in [0.3, 0.4) is 0 Å². The summed E-state index contributed by atoms with van der Waals surface area (Å²) in [4.78, 5) is 24.0. The van der Waals surface area contributed by atoms with Crippen LogP contribution in [-0.4, -0.2) is 33.7 Å². The molecule has 2 amide bonds. The van der Waals surface area contributed by atoms with Gasteiger partial charge in [0.1, 0.15) is 11.2 Å². The number of hydrogen-bond donors (Lipinski definition) is 2. The highest BCUT2D eigenvalue weighted by Crippen LogP contribution is 2.27. The Morgan fingerprint density at radius 2 is 2.19 bits per heavy atom. The molecule has 6 heteroatoms. The van der Waals surface area contributed by atoms with Gasteiger partial charge in [0.2, 0.25) is 5.91 Å². The lowest BCUT2D eigenvalue weighted by atomic mass is 9.96. The van der Waals surface area contributed by atoms with Crippen molar-refractivity contribution in [2.75, 3.05) is 6.54 Å². The largest absolute Gasteiger partial charge is 0.354 e. The van der Waals surface area contributed by atoms with Gasteiger partial charge in [-0.15, -0.1) is 0 Å². The minimum absolute atomic E-state index is 0.123. The number of aromatic nitrogens is 2. The summed E-state index contributed by atoms with van der Waals surface area (Å²) in [5.41, 5.74) is -0.424. The van der Waals surface area contributed by atoms with Crippen molar-refractivity contribution in [2.24, 2.45) is 0 Å². The van der Waals surface area contributed by atoms with Gasteiger partial charge < -0.3 is 10.6 Å². The molecule has 1 aliphatic heterocycles. The highest BCUT2D eigenvalue weighted by molar-refractivity contribution is 5.98. The van der Waals surface area contributed by atoms with Crippen LogP contribution in [0.2, 0.25) is 0 Å². The number of carbonyl (C=O) groups excluding carboxylic acids is 2. The maximum absolute atomic E-state index is 12.3. The molecule has 1 aliphatic carbocycles. The molecule has 2 heterocycles. The second-order valence-electron chi connectivity index (χ2n) is 6.26. The van der Waals surface area contributed by atoms with Crippen molar-refractivity contribution in [3.8, 4) is 0 Å². The SMILES string of the molecule is C[C@]1(NC(=O)c2ccn(C3CCCCC3)n2)CCNC1=O. The molecule has 3 rings (SSSR count). The van der Waals surface area contributed by atoms with Crippen LogP contribution >= 0.6 is 0 Å². The summed E-state index contributed by atoms with van der Waals surface area (Å²) in [6.45, 7) is 2.36. The molecule has 1 aromatic rings. The van der Waals surface area contributed by atoms with Gasteiger partial charge in [-0.2, -0.15) is 5.10 Å². The number of nitrogens with one attached hydrogen (secondary N) is 2. The van der Waals surface area contributed by atoms with Gasteiger partial charge >= 0.3 is 0 Å². The van der Waals surface area contributed by atoms with Gasteiger partial charge in [0.15, 0.2) is 0 Å². The van der Waals surface area contributed by atoms with Crippen LogP contribution in [0.25, 0.3) is 0 Å². The summed E-state index contributed by atoms with van der Waals surface area (Å²) in [5.74, 6) is -0.397. The van der Waals surface area contributed by atoms with Crippen LogP contribution in [0.5, 0.6) is 0 Å². The van der Waals surface area contributed by atoms with Crippen LogP contribution in [-0.2, 0) is 4.79 Å². The van der Waals surface area contributed by atoms with E-state index in [2.05, 4.69) is 15.7 Å². The molecule has 1 aromatic heterocycles. The molecule has 1 saturated heterocycles. The third kappa shape index (κ3) is 2.80. The fraction of sp³-hybridized carbons (Fsp3) is 0.667. The zero-order chi connectivity index (χ0) is 14.9. The first-order valence-corrected chi connectivity index (χ1v) is 7.74. The Morgan fingerprint density at radius 3 is 2.86 bits per heavy atom. The fourth-order valence-corrected chi connectivity index (χ4v) is 3.18. The third-order valence-corrected chi connectivity index (χ3v) is 4.59. The molecule has 2 fully saturated rings. The number of hydrogen-bond acceptors (Lipinski definition) is 3. The van der Waals surface area contributed by atoms with E-state index in [1.807, 2.05) is 10.9 Å². The van der Waals surface area contributed by atoms with Gasteiger partial charge in [0.25, 0.3) is 5.91 Å². The average Bonchev–Trinajstić information content (AvgIpc) is 3.08. The Balaban J connectivity index is 1.68. The lowest BCUT2D eigenvalue weighted by Gasteiger charge is -2.22. The summed E-state index contributed by atoms with van der Waals surface area (Å²) in [6.07, 6.45) is 8.49. The van der Waals surface area contributed by atoms with Crippen molar-refractivity contribution in [3.63, 3.8) is 0 Å². The van der Waals surface area contributed by atoms with Crippen LogP contribution < -0.4 is 10.6 Å². The van der Waals surface area contributed by atoms with Gasteiger partial charge in [0, 0.05) is 12.7 Å². The van der Waals surface area contributed by atoms with E-state index in [-0.39, 0.29) is 11.8 Å². The number of rotatable bonds is 3. The molecule has 0 radical (unpaired) electrons. The zero-order valence-electron chi connectivity index (χ0n) is 12.4. The van der Waals surface area contributed by atoms with Crippen molar-refractivity contribution in [3.05, 3.63) is 18.0 Å². The van der Waals surface area contributed by atoms with Crippen molar-refractivity contribution in [1.82, 2.24) is 20.4 Å². The molecule has 0 aromatic carbocycles. The van der Waals surface area contributed by atoms with Gasteiger partial charge in [0.05, 0.1) is 6.04 Å². The summed E-state index contributed by atoms with van der Waals surface area (Å²) in [6, 6.07) is 2.14. The Bertz CT molecular complexity index is 548. The fourth-order valence-electron chi connectivity index (χ4n) is 3.18. The van der Waals surface area contributed by atoms with Crippen molar-refractivity contribution < 1.29 is 9.59 Å². The first kappa shape index (κ1) is 14.1. The van der Waals surface area contributed by atoms with E-state index < -0.39 is 5.54 Å². The number of nitrogens with zero attached hydrogens (tertiary/aromatic N) is 2. The quantitative estimate of drug-likeness (QED) is 0.883. The predicted octanol–water partition coefficient (Wildman–Crippen LogP) is 1.40. The lowest BCUT2D eigenvalue weighted by Crippen LogP contribution is -2.51. The van der Waals surface area contributed by atoms with Crippen molar-refractivity contribution >= 4 is 11.8 Å². The molecule has 114 valence electrons. The van der Waals surface area contributed by atoms with E-state index in [1.54, 1.807) is 13.0 Å². The minimum Gasteiger partial charge on any atom is -0.354 e. The molecule has 0 unspecified atom stereocenters.